The molecule has 0 spiro atoms. The third-order valence-electron chi connectivity index (χ3n) is 3.18. The number of carbonyl (C=O) groups excluding carboxylic acids is 1. The van der Waals surface area contributed by atoms with E-state index in [1.54, 1.807) is 6.92 Å². The minimum absolute atomic E-state index is 0.0667. The van der Waals surface area contributed by atoms with Crippen molar-refractivity contribution in [3.8, 4) is 11.5 Å². The Morgan fingerprint density at radius 2 is 2.07 bits per heavy atom. The SMILES string of the molecule is CCOc1cc(/C=N\NC(=O)c2cccc([N+](=O)[O-])c2)ccc1OC(F)F. The Bertz CT molecular complexity index is 858. The minimum Gasteiger partial charge on any atom is -0.490 e. The molecule has 0 aliphatic heterocycles. The summed E-state index contributed by atoms with van der Waals surface area (Å²) in [7, 11) is 0. The molecule has 1 N–H and O–H groups in total. The molecule has 0 bridgehead atoms. The van der Waals surface area contributed by atoms with Gasteiger partial charge in [-0.1, -0.05) is 6.07 Å². The third-order valence-corrected chi connectivity index (χ3v) is 3.18. The van der Waals surface area contributed by atoms with Crippen LogP contribution in [0.1, 0.15) is 22.8 Å². The molecule has 0 aromatic heterocycles. The van der Waals surface area contributed by atoms with E-state index in [0.717, 1.165) is 6.07 Å². The molecule has 2 aromatic rings. The van der Waals surface area contributed by atoms with Crippen LogP contribution in [0, 0.1) is 10.1 Å². The normalized spacial score (nSPS) is 10.8. The minimum atomic E-state index is -2.99. The van der Waals surface area contributed by atoms with E-state index in [1.165, 1.54) is 42.6 Å². The van der Waals surface area contributed by atoms with Gasteiger partial charge in [-0.05, 0) is 36.8 Å². The number of non-ortho nitro benzene ring substituents is 1. The quantitative estimate of drug-likeness (QED) is 0.430. The zero-order valence-electron chi connectivity index (χ0n) is 14.1. The third kappa shape index (κ3) is 5.73. The Labute approximate surface area is 152 Å². The first-order valence-corrected chi connectivity index (χ1v) is 7.70. The van der Waals surface area contributed by atoms with Gasteiger partial charge in [-0.3, -0.25) is 14.9 Å². The molecule has 2 rings (SSSR count). The van der Waals surface area contributed by atoms with Gasteiger partial charge in [0.05, 0.1) is 17.7 Å². The van der Waals surface area contributed by atoms with E-state index in [1.807, 2.05) is 0 Å². The number of benzene rings is 2. The van der Waals surface area contributed by atoms with Crippen molar-refractivity contribution in [1.82, 2.24) is 5.43 Å². The van der Waals surface area contributed by atoms with Crippen LogP contribution in [0.2, 0.25) is 0 Å². The predicted molar refractivity (Wildman–Crippen MR) is 92.4 cm³/mol. The molecule has 1 amide bonds. The fourth-order valence-electron chi connectivity index (χ4n) is 2.06. The van der Waals surface area contributed by atoms with Crippen LogP contribution < -0.4 is 14.9 Å². The lowest BCUT2D eigenvalue weighted by atomic mass is 10.2. The van der Waals surface area contributed by atoms with Gasteiger partial charge in [0.1, 0.15) is 0 Å². The summed E-state index contributed by atoms with van der Waals surface area (Å²) in [5, 5.41) is 14.5. The number of nitro benzene ring substituents is 1. The van der Waals surface area contributed by atoms with E-state index in [4.69, 9.17) is 4.74 Å². The van der Waals surface area contributed by atoms with Crippen molar-refractivity contribution in [2.24, 2.45) is 5.10 Å². The maximum Gasteiger partial charge on any atom is 0.387 e. The van der Waals surface area contributed by atoms with Crippen LogP contribution in [0.3, 0.4) is 0 Å². The summed E-state index contributed by atoms with van der Waals surface area (Å²) in [5.74, 6) is -0.658. The van der Waals surface area contributed by atoms with E-state index in [-0.39, 0.29) is 29.4 Å². The largest absolute Gasteiger partial charge is 0.490 e. The molecule has 27 heavy (non-hydrogen) atoms. The number of alkyl halides is 2. The highest BCUT2D eigenvalue weighted by Crippen LogP contribution is 2.29. The molecule has 0 radical (unpaired) electrons. The molecule has 10 heteroatoms. The summed E-state index contributed by atoms with van der Waals surface area (Å²) < 4.78 is 34.4. The van der Waals surface area contributed by atoms with Crippen LogP contribution in [0.25, 0.3) is 0 Å². The summed E-state index contributed by atoms with van der Waals surface area (Å²) in [5.41, 5.74) is 2.53. The summed E-state index contributed by atoms with van der Waals surface area (Å²) >= 11 is 0. The fourth-order valence-corrected chi connectivity index (χ4v) is 2.06. The first-order valence-electron chi connectivity index (χ1n) is 7.70. The van der Waals surface area contributed by atoms with Crippen LogP contribution in [-0.2, 0) is 0 Å². The van der Waals surface area contributed by atoms with Gasteiger partial charge in [0.25, 0.3) is 11.6 Å². The van der Waals surface area contributed by atoms with Gasteiger partial charge in [-0.2, -0.15) is 13.9 Å². The average Bonchev–Trinajstić information content (AvgIpc) is 2.63. The maximum atomic E-state index is 12.4. The van der Waals surface area contributed by atoms with Crippen LogP contribution in [0.15, 0.2) is 47.6 Å². The zero-order valence-corrected chi connectivity index (χ0v) is 14.1. The lowest BCUT2D eigenvalue weighted by Gasteiger charge is -2.11. The number of nitrogens with zero attached hydrogens (tertiary/aromatic N) is 2. The standard InChI is InChI=1S/C17H15F2N3O5/c1-2-26-15-8-11(6-7-14(15)27-17(18)19)10-20-21-16(23)12-4-3-5-13(9-12)22(24)25/h3-10,17H,2H2,1H3,(H,21,23)/b20-10-. The second kappa shape index (κ2) is 9.22. The smallest absolute Gasteiger partial charge is 0.387 e. The number of hydrogen-bond donors (Lipinski definition) is 1. The van der Waals surface area contributed by atoms with Crippen molar-refractivity contribution in [3.63, 3.8) is 0 Å². The number of hydrogen-bond acceptors (Lipinski definition) is 6. The fraction of sp³-hybridized carbons (Fsp3) is 0.176. The number of halogens is 2. The molecule has 2 aromatic carbocycles. The summed E-state index contributed by atoms with van der Waals surface area (Å²) in [6.07, 6.45) is 1.27. The Balaban J connectivity index is 2.09. The van der Waals surface area contributed by atoms with E-state index >= 15 is 0 Å². The van der Waals surface area contributed by atoms with Crippen LogP contribution >= 0.6 is 0 Å². The lowest BCUT2D eigenvalue weighted by molar-refractivity contribution is -0.384. The van der Waals surface area contributed by atoms with Gasteiger partial charge >= 0.3 is 6.61 Å². The Kier molecular flexibility index (Phi) is 6.75. The highest BCUT2D eigenvalue weighted by molar-refractivity contribution is 5.95. The first kappa shape index (κ1) is 19.8. The van der Waals surface area contributed by atoms with Crippen LogP contribution in [-0.4, -0.2) is 30.3 Å². The van der Waals surface area contributed by atoms with E-state index in [2.05, 4.69) is 15.3 Å². The van der Waals surface area contributed by atoms with Crippen molar-refractivity contribution >= 4 is 17.8 Å². The molecule has 0 atom stereocenters. The van der Waals surface area contributed by atoms with Gasteiger partial charge in [0.15, 0.2) is 11.5 Å². The Morgan fingerprint density at radius 1 is 1.30 bits per heavy atom. The number of nitrogens with one attached hydrogen (secondary N) is 1. The second-order valence-electron chi connectivity index (χ2n) is 5.02. The number of rotatable bonds is 8. The first-order chi connectivity index (χ1) is 12.9. The molecule has 0 heterocycles. The summed E-state index contributed by atoms with van der Waals surface area (Å²) in [4.78, 5) is 22.1. The van der Waals surface area contributed by atoms with Gasteiger partial charge < -0.3 is 9.47 Å². The number of carbonyl (C=O) groups is 1. The van der Waals surface area contributed by atoms with Gasteiger partial charge in [0.2, 0.25) is 0 Å². The second-order valence-corrected chi connectivity index (χ2v) is 5.02. The highest BCUT2D eigenvalue weighted by atomic mass is 19.3. The molecular formula is C17H15F2N3O5. The van der Waals surface area contributed by atoms with Crippen molar-refractivity contribution in [1.29, 1.82) is 0 Å². The topological polar surface area (TPSA) is 103 Å². The molecule has 0 fully saturated rings. The molecule has 0 saturated heterocycles. The van der Waals surface area contributed by atoms with E-state index in [0.29, 0.717) is 5.56 Å². The monoisotopic (exact) mass is 379 g/mol. The maximum absolute atomic E-state index is 12.4. The van der Waals surface area contributed by atoms with Gasteiger partial charge in [-0.25, -0.2) is 5.43 Å². The van der Waals surface area contributed by atoms with Crippen LogP contribution in [0.5, 0.6) is 11.5 Å². The molecule has 0 aliphatic rings. The van der Waals surface area contributed by atoms with Crippen molar-refractivity contribution in [3.05, 3.63) is 63.7 Å². The Hall–Kier alpha value is -3.56. The molecule has 0 unspecified atom stereocenters. The van der Waals surface area contributed by atoms with Crippen molar-refractivity contribution in [2.45, 2.75) is 13.5 Å². The lowest BCUT2D eigenvalue weighted by Crippen LogP contribution is -2.17. The van der Waals surface area contributed by atoms with Crippen LogP contribution in [0.4, 0.5) is 14.5 Å². The number of amides is 1. The molecule has 0 saturated carbocycles. The number of hydrazone groups is 1. The van der Waals surface area contributed by atoms with E-state index < -0.39 is 17.4 Å². The van der Waals surface area contributed by atoms with E-state index in [9.17, 15) is 23.7 Å². The zero-order chi connectivity index (χ0) is 19.8. The van der Waals surface area contributed by atoms with Gasteiger partial charge in [0, 0.05) is 17.7 Å². The van der Waals surface area contributed by atoms with Gasteiger partial charge in [-0.15, -0.1) is 0 Å². The van der Waals surface area contributed by atoms with Crippen molar-refractivity contribution < 1.29 is 28.0 Å². The average molecular weight is 379 g/mol. The number of nitro groups is 1. The molecule has 142 valence electrons. The predicted octanol–water partition coefficient (Wildman–Crippen LogP) is 3.36. The molecule has 0 aliphatic carbocycles. The number of ether oxygens (including phenoxy) is 2. The Morgan fingerprint density at radius 3 is 2.74 bits per heavy atom. The summed E-state index contributed by atoms with van der Waals surface area (Å²) in [6.45, 7) is -1.06. The highest BCUT2D eigenvalue weighted by Gasteiger charge is 2.12. The summed E-state index contributed by atoms with van der Waals surface area (Å²) in [6, 6.07) is 9.33. The van der Waals surface area contributed by atoms with Crippen molar-refractivity contribution in [2.75, 3.05) is 6.61 Å². The molecule has 8 nitrogen and oxygen atoms in total. The molecular weight excluding hydrogens is 364 g/mol.